The van der Waals surface area contributed by atoms with Gasteiger partial charge in [-0.15, -0.1) is 11.3 Å². The summed E-state index contributed by atoms with van der Waals surface area (Å²) in [6.07, 6.45) is 0.535. The van der Waals surface area contributed by atoms with Crippen molar-refractivity contribution in [2.75, 3.05) is 6.54 Å². The summed E-state index contributed by atoms with van der Waals surface area (Å²) in [7, 11) is 0. The molecular weight excluding hydrogens is 477 g/mol. The third-order valence-corrected chi connectivity index (χ3v) is 7.95. The summed E-state index contributed by atoms with van der Waals surface area (Å²) in [6.45, 7) is 4.39. The Morgan fingerprint density at radius 2 is 1.88 bits per heavy atom. The lowest BCUT2D eigenvalue weighted by Crippen LogP contribution is -2.39. The molecule has 1 amide bonds. The second-order valence-corrected chi connectivity index (χ2v) is 9.89. The fourth-order valence-corrected chi connectivity index (χ4v) is 5.95. The topological polar surface area (TPSA) is 64.3 Å². The number of amides is 1. The largest absolute Gasteiger partial charge is 0.337 e. The van der Waals surface area contributed by atoms with Gasteiger partial charge >= 0.3 is 5.69 Å². The van der Waals surface area contributed by atoms with Gasteiger partial charge in [0.05, 0.1) is 24.2 Å². The molecule has 0 saturated carbocycles. The molecule has 0 saturated heterocycles. The molecule has 174 valence electrons. The van der Waals surface area contributed by atoms with Crippen LogP contribution < -0.4 is 11.2 Å². The highest BCUT2D eigenvalue weighted by atomic mass is 35.5. The average molecular weight is 498 g/mol. The van der Waals surface area contributed by atoms with Gasteiger partial charge < -0.3 is 4.90 Å². The summed E-state index contributed by atoms with van der Waals surface area (Å²) >= 11 is 7.68. The normalized spacial score (nSPS) is 13.4. The Hall–Kier alpha value is -3.23. The predicted molar refractivity (Wildman–Crippen MR) is 132 cm³/mol. The molecule has 9 heteroatoms. The second-order valence-electron chi connectivity index (χ2n) is 8.39. The highest BCUT2D eigenvalue weighted by Crippen LogP contribution is 2.34. The predicted octanol–water partition coefficient (Wildman–Crippen LogP) is 4.27. The van der Waals surface area contributed by atoms with Crippen molar-refractivity contribution in [3.8, 4) is 5.69 Å². The fraction of sp³-hybridized carbons (Fsp3) is 0.240. The van der Waals surface area contributed by atoms with E-state index in [1.807, 2.05) is 0 Å². The van der Waals surface area contributed by atoms with E-state index in [9.17, 15) is 18.8 Å². The maximum absolute atomic E-state index is 13.8. The minimum atomic E-state index is -0.491. The Balaban J connectivity index is 1.82. The van der Waals surface area contributed by atoms with Gasteiger partial charge in [0, 0.05) is 23.4 Å². The smallest absolute Gasteiger partial charge is 0.337 e. The van der Waals surface area contributed by atoms with Gasteiger partial charge in [0.25, 0.3) is 5.56 Å². The lowest BCUT2D eigenvalue weighted by molar-refractivity contribution is -0.129. The van der Waals surface area contributed by atoms with Crippen molar-refractivity contribution < 1.29 is 9.18 Å². The molecule has 0 fully saturated rings. The Labute approximate surface area is 203 Å². The van der Waals surface area contributed by atoms with Crippen molar-refractivity contribution in [3.63, 3.8) is 0 Å². The van der Waals surface area contributed by atoms with Crippen LogP contribution in [0.2, 0.25) is 5.02 Å². The van der Waals surface area contributed by atoms with Gasteiger partial charge in [-0.1, -0.05) is 29.8 Å². The van der Waals surface area contributed by atoms with Crippen LogP contribution >= 0.6 is 22.9 Å². The summed E-state index contributed by atoms with van der Waals surface area (Å²) in [4.78, 5) is 42.7. The molecule has 1 aliphatic heterocycles. The van der Waals surface area contributed by atoms with Crippen molar-refractivity contribution in [1.82, 2.24) is 14.0 Å². The quantitative estimate of drug-likeness (QED) is 0.424. The number of halogens is 2. The summed E-state index contributed by atoms with van der Waals surface area (Å²) < 4.78 is 16.2. The number of hydrogen-bond acceptors (Lipinski definition) is 4. The maximum atomic E-state index is 13.8. The number of fused-ring (bicyclic) bond motifs is 3. The van der Waals surface area contributed by atoms with Crippen LogP contribution in [0.4, 0.5) is 4.39 Å². The highest BCUT2D eigenvalue weighted by Gasteiger charge is 2.28. The minimum Gasteiger partial charge on any atom is -0.337 e. The second kappa shape index (κ2) is 8.52. The number of carbonyl (C=O) groups is 1. The Morgan fingerprint density at radius 1 is 1.15 bits per heavy atom. The number of aromatic nitrogens is 2. The molecule has 0 N–H and O–H groups in total. The molecule has 0 atom stereocenters. The van der Waals surface area contributed by atoms with Gasteiger partial charge in [-0.25, -0.2) is 13.8 Å². The number of thiophene rings is 1. The van der Waals surface area contributed by atoms with E-state index < -0.39 is 11.2 Å². The minimum absolute atomic E-state index is 0.0289. The van der Waals surface area contributed by atoms with E-state index >= 15 is 0 Å². The number of hydrogen-bond donors (Lipinski definition) is 0. The fourth-order valence-electron chi connectivity index (χ4n) is 4.44. The van der Waals surface area contributed by atoms with Crippen LogP contribution in [0.5, 0.6) is 0 Å². The van der Waals surface area contributed by atoms with E-state index in [4.69, 9.17) is 11.6 Å². The number of rotatable bonds is 3. The first-order valence-electron chi connectivity index (χ1n) is 10.8. The number of benzene rings is 2. The van der Waals surface area contributed by atoms with E-state index in [-0.39, 0.29) is 18.3 Å². The maximum Gasteiger partial charge on any atom is 0.337 e. The first kappa shape index (κ1) is 22.6. The molecule has 2 aromatic heterocycles. The molecule has 1 aliphatic rings. The molecule has 0 spiro atoms. The third kappa shape index (κ3) is 3.67. The summed E-state index contributed by atoms with van der Waals surface area (Å²) in [6, 6.07) is 11.1. The van der Waals surface area contributed by atoms with E-state index in [1.165, 1.54) is 35.0 Å². The van der Waals surface area contributed by atoms with Crippen LogP contribution in [0.3, 0.4) is 0 Å². The molecular formula is C25H21ClFN3O3S. The first-order valence-corrected chi connectivity index (χ1v) is 12.0. The molecule has 2 aromatic carbocycles. The van der Waals surface area contributed by atoms with E-state index in [1.54, 1.807) is 46.7 Å². The monoisotopic (exact) mass is 497 g/mol. The average Bonchev–Trinajstić information content (AvgIpc) is 3.19. The van der Waals surface area contributed by atoms with Crippen molar-refractivity contribution in [2.24, 2.45) is 0 Å². The highest BCUT2D eigenvalue weighted by molar-refractivity contribution is 7.18. The standard InChI is InChI=1S/C25H21ClFN3O3S/c1-14-19(26)4-3-5-20(14)30-23(32)22-18-10-11-28(15(2)31)13-21(18)34-24(22)29(25(30)33)12-16-6-8-17(27)9-7-16/h3-9H,10-13H2,1-2H3. The lowest BCUT2D eigenvalue weighted by Gasteiger charge is -2.25. The van der Waals surface area contributed by atoms with Crippen molar-refractivity contribution in [2.45, 2.75) is 33.4 Å². The number of carbonyl (C=O) groups excluding carboxylic acids is 1. The summed E-state index contributed by atoms with van der Waals surface area (Å²) in [5.74, 6) is -0.393. The van der Waals surface area contributed by atoms with Gasteiger partial charge in [0.2, 0.25) is 5.91 Å². The van der Waals surface area contributed by atoms with Crippen LogP contribution in [-0.2, 0) is 24.3 Å². The molecule has 34 heavy (non-hydrogen) atoms. The van der Waals surface area contributed by atoms with Gasteiger partial charge in [-0.2, -0.15) is 0 Å². The van der Waals surface area contributed by atoms with Crippen LogP contribution in [0.1, 0.15) is 28.5 Å². The Bertz CT molecular complexity index is 1570. The van der Waals surface area contributed by atoms with Crippen LogP contribution in [0.25, 0.3) is 15.9 Å². The SMILES string of the molecule is CC(=O)N1CCc2c(sc3c2c(=O)n(-c2cccc(Cl)c2C)c(=O)n3Cc2ccc(F)cc2)C1. The molecule has 6 nitrogen and oxygen atoms in total. The van der Waals surface area contributed by atoms with Gasteiger partial charge in [-0.3, -0.25) is 14.2 Å². The molecule has 0 radical (unpaired) electrons. The first-order chi connectivity index (χ1) is 16.3. The van der Waals surface area contributed by atoms with E-state index in [2.05, 4.69) is 0 Å². The van der Waals surface area contributed by atoms with Crippen molar-refractivity contribution >= 4 is 39.1 Å². The van der Waals surface area contributed by atoms with E-state index in [0.717, 1.165) is 16.0 Å². The van der Waals surface area contributed by atoms with Gasteiger partial charge in [-0.05, 0) is 54.3 Å². The summed E-state index contributed by atoms with van der Waals surface area (Å²) in [5.41, 5.74) is 1.78. The van der Waals surface area contributed by atoms with Crippen molar-refractivity contribution in [1.29, 1.82) is 0 Å². The molecule has 0 bridgehead atoms. The summed E-state index contributed by atoms with van der Waals surface area (Å²) in [5, 5.41) is 0.947. The molecule has 4 aromatic rings. The van der Waals surface area contributed by atoms with Crippen LogP contribution in [0, 0.1) is 12.7 Å². The molecule has 3 heterocycles. The third-order valence-electron chi connectivity index (χ3n) is 6.30. The van der Waals surface area contributed by atoms with Crippen LogP contribution in [0.15, 0.2) is 52.1 Å². The zero-order valence-electron chi connectivity index (χ0n) is 18.6. The number of nitrogens with zero attached hydrogens (tertiary/aromatic N) is 3. The molecule has 5 rings (SSSR count). The zero-order valence-corrected chi connectivity index (χ0v) is 20.2. The Morgan fingerprint density at radius 3 is 2.59 bits per heavy atom. The van der Waals surface area contributed by atoms with Crippen molar-refractivity contribution in [3.05, 3.63) is 95.7 Å². The zero-order chi connectivity index (χ0) is 24.1. The van der Waals surface area contributed by atoms with E-state index in [0.29, 0.717) is 46.0 Å². The van der Waals surface area contributed by atoms with Gasteiger partial charge in [0.15, 0.2) is 0 Å². The van der Waals surface area contributed by atoms with Crippen LogP contribution in [-0.4, -0.2) is 26.5 Å². The van der Waals surface area contributed by atoms with Gasteiger partial charge in [0.1, 0.15) is 10.6 Å². The Kier molecular flexibility index (Phi) is 5.65. The lowest BCUT2D eigenvalue weighted by atomic mass is 10.1. The molecule has 0 unspecified atom stereocenters. The molecule has 0 aliphatic carbocycles.